The Morgan fingerprint density at radius 2 is 2.04 bits per heavy atom. The van der Waals surface area contributed by atoms with E-state index in [-0.39, 0.29) is 10.8 Å². The molecule has 0 heterocycles. The number of benzene rings is 1. The lowest BCUT2D eigenvalue weighted by Gasteiger charge is -2.21. The van der Waals surface area contributed by atoms with Gasteiger partial charge in [0.1, 0.15) is 0 Å². The standard InChI is InChI=1S/C17H24N2O3S/c1-11-3-6-15(10-16(11)23(21,22)18-2)19-17(20)9-14-8-12-4-5-13(14)7-12/h3,6,10,12-14,18H,4-5,7-9H2,1-2H3,(H,19,20)/t12-,13+,14+/m0/s1. The smallest absolute Gasteiger partial charge is 0.240 e. The van der Waals surface area contributed by atoms with Gasteiger partial charge in [-0.2, -0.15) is 0 Å². The number of hydrogen-bond acceptors (Lipinski definition) is 3. The highest BCUT2D eigenvalue weighted by Crippen LogP contribution is 2.49. The topological polar surface area (TPSA) is 75.3 Å². The Balaban J connectivity index is 1.68. The molecule has 1 aromatic rings. The summed E-state index contributed by atoms with van der Waals surface area (Å²) in [5.41, 5.74) is 1.20. The molecule has 126 valence electrons. The van der Waals surface area contributed by atoms with Crippen molar-refractivity contribution in [3.8, 4) is 0 Å². The predicted molar refractivity (Wildman–Crippen MR) is 89.6 cm³/mol. The molecule has 2 fully saturated rings. The van der Waals surface area contributed by atoms with Crippen LogP contribution in [0.1, 0.15) is 37.7 Å². The van der Waals surface area contributed by atoms with E-state index in [9.17, 15) is 13.2 Å². The van der Waals surface area contributed by atoms with Crippen LogP contribution in [0, 0.1) is 24.7 Å². The molecule has 2 aliphatic carbocycles. The molecule has 0 aliphatic heterocycles. The molecule has 3 rings (SSSR count). The molecule has 0 aromatic heterocycles. The van der Waals surface area contributed by atoms with Crippen LogP contribution >= 0.6 is 0 Å². The lowest BCUT2D eigenvalue weighted by atomic mass is 9.86. The van der Waals surface area contributed by atoms with E-state index in [1.54, 1.807) is 19.1 Å². The largest absolute Gasteiger partial charge is 0.326 e. The average molecular weight is 336 g/mol. The van der Waals surface area contributed by atoms with Crippen LogP contribution in [0.25, 0.3) is 0 Å². The fourth-order valence-electron chi connectivity index (χ4n) is 4.15. The summed E-state index contributed by atoms with van der Waals surface area (Å²) in [5, 5.41) is 2.86. The van der Waals surface area contributed by atoms with Crippen LogP contribution in [-0.2, 0) is 14.8 Å². The molecule has 6 heteroatoms. The van der Waals surface area contributed by atoms with Crippen LogP contribution in [0.2, 0.25) is 0 Å². The van der Waals surface area contributed by atoms with E-state index in [1.807, 2.05) is 0 Å². The van der Waals surface area contributed by atoms with E-state index in [4.69, 9.17) is 0 Å². The minimum Gasteiger partial charge on any atom is -0.326 e. The summed E-state index contributed by atoms with van der Waals surface area (Å²) < 4.78 is 26.3. The van der Waals surface area contributed by atoms with E-state index in [2.05, 4.69) is 10.0 Å². The monoisotopic (exact) mass is 336 g/mol. The van der Waals surface area contributed by atoms with Crippen LogP contribution in [0.3, 0.4) is 0 Å². The highest BCUT2D eigenvalue weighted by Gasteiger charge is 2.40. The number of nitrogens with one attached hydrogen (secondary N) is 2. The molecule has 5 nitrogen and oxygen atoms in total. The molecule has 2 aliphatic rings. The molecule has 23 heavy (non-hydrogen) atoms. The van der Waals surface area contributed by atoms with Crippen molar-refractivity contribution >= 4 is 21.6 Å². The summed E-state index contributed by atoms with van der Waals surface area (Å²) >= 11 is 0. The van der Waals surface area contributed by atoms with Gasteiger partial charge in [-0.05, 0) is 68.7 Å². The third kappa shape index (κ3) is 3.43. The van der Waals surface area contributed by atoms with Gasteiger partial charge in [-0.3, -0.25) is 4.79 Å². The summed E-state index contributed by atoms with van der Waals surface area (Å²) in [6.45, 7) is 1.74. The number of fused-ring (bicyclic) bond motifs is 2. The average Bonchev–Trinajstić information content (AvgIpc) is 3.11. The number of rotatable bonds is 5. The maximum atomic E-state index is 12.3. The molecular weight excluding hydrogens is 312 g/mol. The number of carbonyl (C=O) groups is 1. The second-order valence-corrected chi connectivity index (χ2v) is 8.73. The minimum absolute atomic E-state index is 0.0146. The van der Waals surface area contributed by atoms with Gasteiger partial charge < -0.3 is 5.32 Å². The first kappa shape index (κ1) is 16.5. The van der Waals surface area contributed by atoms with Crippen LogP contribution in [0.4, 0.5) is 5.69 Å². The first-order chi connectivity index (χ1) is 10.9. The molecule has 0 unspecified atom stereocenters. The maximum Gasteiger partial charge on any atom is 0.240 e. The van der Waals surface area contributed by atoms with Gasteiger partial charge in [-0.25, -0.2) is 13.1 Å². The van der Waals surface area contributed by atoms with Crippen molar-refractivity contribution in [1.82, 2.24) is 4.72 Å². The molecule has 1 amide bonds. The Bertz CT molecular complexity index is 715. The molecule has 2 bridgehead atoms. The van der Waals surface area contributed by atoms with E-state index in [0.717, 1.165) is 5.92 Å². The van der Waals surface area contributed by atoms with Crippen LogP contribution in [-0.4, -0.2) is 21.4 Å². The normalized spacial score (nSPS) is 26.4. The van der Waals surface area contributed by atoms with Gasteiger partial charge in [0, 0.05) is 12.1 Å². The summed E-state index contributed by atoms with van der Waals surface area (Å²) in [6.07, 6.45) is 5.59. The first-order valence-electron chi connectivity index (χ1n) is 8.23. The fourth-order valence-corrected chi connectivity index (χ4v) is 5.15. The Kier molecular flexibility index (Phi) is 4.47. The molecule has 0 saturated heterocycles. The molecule has 1 aromatic carbocycles. The third-order valence-corrected chi connectivity index (χ3v) is 6.92. The number of hydrogen-bond donors (Lipinski definition) is 2. The van der Waals surface area contributed by atoms with Gasteiger partial charge in [0.25, 0.3) is 0 Å². The molecular formula is C17H24N2O3S. The van der Waals surface area contributed by atoms with E-state index < -0.39 is 10.0 Å². The lowest BCUT2D eigenvalue weighted by Crippen LogP contribution is -2.22. The molecule has 0 spiro atoms. The quantitative estimate of drug-likeness (QED) is 0.868. The summed E-state index contributed by atoms with van der Waals surface area (Å²) in [6, 6.07) is 5.00. The number of aryl methyl sites for hydroxylation is 1. The molecule has 3 atom stereocenters. The molecule has 2 saturated carbocycles. The van der Waals surface area contributed by atoms with E-state index in [0.29, 0.717) is 29.5 Å². The van der Waals surface area contributed by atoms with Gasteiger partial charge in [0.2, 0.25) is 15.9 Å². The fraction of sp³-hybridized carbons (Fsp3) is 0.588. The van der Waals surface area contributed by atoms with Gasteiger partial charge >= 0.3 is 0 Å². The van der Waals surface area contributed by atoms with Crippen molar-refractivity contribution in [2.45, 2.75) is 43.9 Å². The minimum atomic E-state index is -3.52. The van der Waals surface area contributed by atoms with Crippen molar-refractivity contribution in [1.29, 1.82) is 0 Å². The van der Waals surface area contributed by atoms with Gasteiger partial charge in [0.15, 0.2) is 0 Å². The number of amides is 1. The Hall–Kier alpha value is -1.40. The zero-order valence-corrected chi connectivity index (χ0v) is 14.4. The highest BCUT2D eigenvalue weighted by molar-refractivity contribution is 7.89. The second kappa shape index (κ2) is 6.24. The SMILES string of the molecule is CNS(=O)(=O)c1cc(NC(=O)C[C@H]2C[C@H]3CC[C@@H]2C3)ccc1C. The third-order valence-electron chi connectivity index (χ3n) is 5.36. The first-order valence-corrected chi connectivity index (χ1v) is 9.71. The van der Waals surface area contributed by atoms with Gasteiger partial charge in [-0.1, -0.05) is 12.5 Å². The lowest BCUT2D eigenvalue weighted by molar-refractivity contribution is -0.117. The van der Waals surface area contributed by atoms with Crippen molar-refractivity contribution in [2.75, 3.05) is 12.4 Å². The Morgan fingerprint density at radius 3 is 2.65 bits per heavy atom. The zero-order valence-electron chi connectivity index (χ0n) is 13.6. The van der Waals surface area contributed by atoms with E-state index >= 15 is 0 Å². The van der Waals surface area contributed by atoms with Crippen molar-refractivity contribution in [3.63, 3.8) is 0 Å². The van der Waals surface area contributed by atoms with Crippen LogP contribution in [0.5, 0.6) is 0 Å². The molecule has 2 N–H and O–H groups in total. The zero-order chi connectivity index (χ0) is 16.6. The van der Waals surface area contributed by atoms with E-state index in [1.165, 1.54) is 38.8 Å². The number of anilines is 1. The summed E-state index contributed by atoms with van der Waals surface area (Å²) in [4.78, 5) is 12.5. The summed E-state index contributed by atoms with van der Waals surface area (Å²) in [7, 11) is -2.13. The predicted octanol–water partition coefficient (Wildman–Crippen LogP) is 2.67. The van der Waals surface area contributed by atoms with Gasteiger partial charge in [-0.15, -0.1) is 0 Å². The van der Waals surface area contributed by atoms with Crippen molar-refractivity contribution < 1.29 is 13.2 Å². The maximum absolute atomic E-state index is 12.3. The Morgan fingerprint density at radius 1 is 1.26 bits per heavy atom. The van der Waals surface area contributed by atoms with Crippen molar-refractivity contribution in [3.05, 3.63) is 23.8 Å². The molecule has 0 radical (unpaired) electrons. The number of sulfonamides is 1. The summed E-state index contributed by atoms with van der Waals surface area (Å²) in [5.74, 6) is 2.02. The van der Waals surface area contributed by atoms with Crippen molar-refractivity contribution in [2.24, 2.45) is 17.8 Å². The van der Waals surface area contributed by atoms with Gasteiger partial charge in [0.05, 0.1) is 4.90 Å². The van der Waals surface area contributed by atoms with Crippen LogP contribution in [0.15, 0.2) is 23.1 Å². The Labute approximate surface area is 137 Å². The number of carbonyl (C=O) groups excluding carboxylic acids is 1. The highest BCUT2D eigenvalue weighted by atomic mass is 32.2. The van der Waals surface area contributed by atoms with Crippen LogP contribution < -0.4 is 10.0 Å². The second-order valence-electron chi connectivity index (χ2n) is 6.88.